The summed E-state index contributed by atoms with van der Waals surface area (Å²) in [5.41, 5.74) is 3.74. The van der Waals surface area contributed by atoms with E-state index in [4.69, 9.17) is 9.72 Å². The van der Waals surface area contributed by atoms with Crippen LogP contribution >= 0.6 is 0 Å². The van der Waals surface area contributed by atoms with Crippen molar-refractivity contribution in [1.29, 1.82) is 0 Å². The number of carbonyl (C=O) groups excluding carboxylic acids is 2. The first-order valence-electron chi connectivity index (χ1n) is 12.5. The zero-order valence-electron chi connectivity index (χ0n) is 20.9. The third-order valence-electron chi connectivity index (χ3n) is 9.47. The number of nitroso groups, excluding NO2 is 1. The Bertz CT molecular complexity index is 1470. The molecule has 0 N–H and O–H groups in total. The molecule has 3 unspecified atom stereocenters. The number of hydrogen-bond acceptors (Lipinski definition) is 6. The molecule has 2 aromatic carbocycles. The number of benzene rings is 2. The number of fused-ring (bicyclic) bond motifs is 5. The van der Waals surface area contributed by atoms with Crippen molar-refractivity contribution >= 4 is 17.4 Å². The van der Waals surface area contributed by atoms with Crippen LogP contribution in [0.15, 0.2) is 53.7 Å². The van der Waals surface area contributed by atoms with Crippen LogP contribution in [0.25, 0.3) is 22.4 Å². The van der Waals surface area contributed by atoms with Gasteiger partial charge < -0.3 is 4.74 Å². The van der Waals surface area contributed by atoms with Gasteiger partial charge in [0.05, 0.1) is 22.5 Å². The highest BCUT2D eigenvalue weighted by Gasteiger charge is 2.63. The lowest BCUT2D eigenvalue weighted by molar-refractivity contribution is -0.0242. The van der Waals surface area contributed by atoms with Crippen molar-refractivity contribution in [2.24, 2.45) is 21.9 Å². The van der Waals surface area contributed by atoms with Crippen LogP contribution in [0.4, 0.5) is 5.69 Å². The molecule has 182 valence electrons. The minimum absolute atomic E-state index is 0.0810. The van der Waals surface area contributed by atoms with E-state index in [-0.39, 0.29) is 34.0 Å². The fourth-order valence-electron chi connectivity index (χ4n) is 6.92. The van der Waals surface area contributed by atoms with E-state index in [0.29, 0.717) is 39.6 Å². The van der Waals surface area contributed by atoms with Crippen LogP contribution in [-0.2, 0) is 4.74 Å². The van der Waals surface area contributed by atoms with Gasteiger partial charge in [-0.15, -0.1) is 4.91 Å². The number of aryl methyl sites for hydroxylation is 1. The second-order valence-corrected chi connectivity index (χ2v) is 11.2. The third kappa shape index (κ3) is 2.87. The van der Waals surface area contributed by atoms with Gasteiger partial charge in [0.1, 0.15) is 11.8 Å². The smallest absolute Gasteiger partial charge is 0.340 e. The summed E-state index contributed by atoms with van der Waals surface area (Å²) >= 11 is 0. The first-order chi connectivity index (χ1) is 17.2. The van der Waals surface area contributed by atoms with Crippen molar-refractivity contribution in [2.45, 2.75) is 53.1 Å². The minimum Gasteiger partial charge on any atom is -0.458 e. The van der Waals surface area contributed by atoms with Gasteiger partial charge in [-0.1, -0.05) is 63.2 Å². The first-order valence-corrected chi connectivity index (χ1v) is 12.5. The van der Waals surface area contributed by atoms with Crippen molar-refractivity contribution in [1.82, 2.24) is 4.98 Å². The first kappa shape index (κ1) is 22.8. The molecule has 0 spiro atoms. The number of pyridine rings is 1. The van der Waals surface area contributed by atoms with Gasteiger partial charge in [0.2, 0.25) is 0 Å². The normalized spacial score (nSPS) is 24.9. The third-order valence-corrected chi connectivity index (χ3v) is 9.47. The molecule has 0 aliphatic heterocycles. The Balaban J connectivity index is 1.54. The van der Waals surface area contributed by atoms with E-state index in [0.717, 1.165) is 24.8 Å². The summed E-state index contributed by atoms with van der Waals surface area (Å²) in [4.78, 5) is 44.1. The van der Waals surface area contributed by atoms with E-state index in [9.17, 15) is 14.5 Å². The fraction of sp³-hybridized carbons (Fsp3) is 0.367. The number of ketones is 1. The van der Waals surface area contributed by atoms with Gasteiger partial charge in [0.15, 0.2) is 5.78 Å². The summed E-state index contributed by atoms with van der Waals surface area (Å²) in [6.07, 6.45) is 2.78. The molecule has 3 aromatic rings. The molecular formula is C30H28N2O4. The summed E-state index contributed by atoms with van der Waals surface area (Å²) in [5.74, 6) is -0.210. The second kappa shape index (κ2) is 7.66. The highest BCUT2D eigenvalue weighted by Crippen LogP contribution is 2.66. The Morgan fingerprint density at radius 1 is 1.00 bits per heavy atom. The molecule has 0 radical (unpaired) electrons. The Labute approximate surface area is 210 Å². The van der Waals surface area contributed by atoms with Crippen LogP contribution in [0.2, 0.25) is 0 Å². The summed E-state index contributed by atoms with van der Waals surface area (Å²) in [6, 6.07) is 14.1. The van der Waals surface area contributed by atoms with Crippen molar-refractivity contribution in [3.8, 4) is 22.4 Å². The summed E-state index contributed by atoms with van der Waals surface area (Å²) in [7, 11) is 0. The molecule has 0 amide bonds. The second-order valence-electron chi connectivity index (χ2n) is 11.2. The Morgan fingerprint density at radius 3 is 2.31 bits per heavy atom. The molecule has 2 fully saturated rings. The molecule has 6 nitrogen and oxygen atoms in total. The minimum atomic E-state index is -0.503. The lowest BCUT2D eigenvalue weighted by Gasteiger charge is -2.38. The van der Waals surface area contributed by atoms with Gasteiger partial charge in [0, 0.05) is 27.7 Å². The molecule has 3 atom stereocenters. The fourth-order valence-corrected chi connectivity index (χ4v) is 6.92. The van der Waals surface area contributed by atoms with Crippen molar-refractivity contribution in [3.63, 3.8) is 0 Å². The maximum Gasteiger partial charge on any atom is 0.340 e. The molecular weight excluding hydrogens is 452 g/mol. The van der Waals surface area contributed by atoms with Crippen LogP contribution in [0.1, 0.15) is 72.0 Å². The average Bonchev–Trinajstić information content (AvgIpc) is 3.35. The maximum atomic E-state index is 13.9. The number of aromatic nitrogens is 1. The van der Waals surface area contributed by atoms with Crippen LogP contribution in [0.3, 0.4) is 0 Å². The standard InChI is InChI=1S/C30H28N2O4/c1-16-23(28(34)36-22-15-17-13-14-30(22,4)29(17,2)3)24(20-11-7-8-12-21(20)32-35)25-26(31-16)18-9-5-6-10-19(18)27(25)33/h5-12,17,22H,13-15H2,1-4H3. The summed E-state index contributed by atoms with van der Waals surface area (Å²) < 4.78 is 6.26. The number of nitrogens with zero attached hydrogens (tertiary/aromatic N) is 2. The van der Waals surface area contributed by atoms with E-state index >= 15 is 0 Å². The van der Waals surface area contributed by atoms with Crippen LogP contribution in [-0.4, -0.2) is 22.8 Å². The number of hydrogen-bond donors (Lipinski definition) is 0. The Hall–Kier alpha value is -3.67. The van der Waals surface area contributed by atoms with Gasteiger partial charge in [-0.05, 0) is 48.8 Å². The van der Waals surface area contributed by atoms with Gasteiger partial charge in [-0.25, -0.2) is 4.79 Å². The average molecular weight is 481 g/mol. The molecule has 2 saturated carbocycles. The van der Waals surface area contributed by atoms with Crippen molar-refractivity contribution in [2.75, 3.05) is 0 Å². The van der Waals surface area contributed by atoms with Crippen LogP contribution in [0, 0.1) is 28.6 Å². The molecule has 36 heavy (non-hydrogen) atoms. The topological polar surface area (TPSA) is 85.7 Å². The molecule has 2 bridgehead atoms. The zero-order valence-corrected chi connectivity index (χ0v) is 20.9. The SMILES string of the molecule is Cc1nc2c(c(-c3ccccc3N=O)c1C(=O)OC1CC3CCC1(C)C3(C)C)C(=O)c1ccccc1-2. The van der Waals surface area contributed by atoms with Crippen molar-refractivity contribution < 1.29 is 14.3 Å². The van der Waals surface area contributed by atoms with Gasteiger partial charge in [-0.2, -0.15) is 0 Å². The molecule has 6 heteroatoms. The highest BCUT2D eigenvalue weighted by molar-refractivity contribution is 6.26. The quantitative estimate of drug-likeness (QED) is 0.231. The van der Waals surface area contributed by atoms with E-state index in [1.165, 1.54) is 0 Å². The molecule has 3 aliphatic carbocycles. The highest BCUT2D eigenvalue weighted by atomic mass is 16.5. The molecule has 3 aliphatic rings. The van der Waals surface area contributed by atoms with Gasteiger partial charge in [-0.3, -0.25) is 9.78 Å². The predicted octanol–water partition coefficient (Wildman–Crippen LogP) is 7.04. The number of carbonyl (C=O) groups is 2. The number of esters is 1. The number of rotatable bonds is 4. The van der Waals surface area contributed by atoms with Crippen LogP contribution < -0.4 is 0 Å². The lowest BCUT2D eigenvalue weighted by Crippen LogP contribution is -2.38. The number of ether oxygens (including phenoxy) is 1. The van der Waals surface area contributed by atoms with E-state index in [1.54, 1.807) is 37.3 Å². The van der Waals surface area contributed by atoms with E-state index in [1.807, 2.05) is 18.2 Å². The molecule has 1 heterocycles. The molecule has 1 aromatic heterocycles. The maximum absolute atomic E-state index is 13.9. The largest absolute Gasteiger partial charge is 0.458 e. The Morgan fingerprint density at radius 2 is 1.67 bits per heavy atom. The summed E-state index contributed by atoms with van der Waals surface area (Å²) in [6.45, 7) is 8.52. The van der Waals surface area contributed by atoms with E-state index in [2.05, 4.69) is 25.9 Å². The van der Waals surface area contributed by atoms with E-state index < -0.39 is 5.97 Å². The Kier molecular flexibility index (Phi) is 4.85. The van der Waals surface area contributed by atoms with Crippen molar-refractivity contribution in [3.05, 3.63) is 75.8 Å². The molecule has 0 saturated heterocycles. The lowest BCUT2D eigenvalue weighted by atomic mass is 9.70. The summed E-state index contributed by atoms with van der Waals surface area (Å²) in [5, 5.41) is 3.21. The van der Waals surface area contributed by atoms with Crippen LogP contribution in [0.5, 0.6) is 0 Å². The zero-order chi connectivity index (χ0) is 25.4. The predicted molar refractivity (Wildman–Crippen MR) is 137 cm³/mol. The van der Waals surface area contributed by atoms with Gasteiger partial charge in [0.25, 0.3) is 0 Å². The van der Waals surface area contributed by atoms with Gasteiger partial charge >= 0.3 is 5.97 Å². The molecule has 6 rings (SSSR count). The monoisotopic (exact) mass is 480 g/mol.